The number of aryl methyl sites for hydroxylation is 1. The lowest BCUT2D eigenvalue weighted by Gasteiger charge is -2.19. The highest BCUT2D eigenvalue weighted by atomic mass is 35.5. The molecule has 3 aromatic rings. The lowest BCUT2D eigenvalue weighted by Crippen LogP contribution is -2.36. The first-order chi connectivity index (χ1) is 16.7. The average molecular weight is 533 g/mol. The summed E-state index contributed by atoms with van der Waals surface area (Å²) in [6, 6.07) is 13.6. The summed E-state index contributed by atoms with van der Waals surface area (Å²) in [5.41, 5.74) is 4.70. The first-order valence-electron chi connectivity index (χ1n) is 10.00. The zero-order valence-electron chi connectivity index (χ0n) is 18.0. The van der Waals surface area contributed by atoms with Gasteiger partial charge in [-0.15, -0.1) is 0 Å². The molecule has 35 heavy (non-hydrogen) atoms. The summed E-state index contributed by atoms with van der Waals surface area (Å²) in [4.78, 5) is 32.2. The molecule has 0 aromatic heterocycles. The molecule has 1 amide bonds. The predicted molar refractivity (Wildman–Crippen MR) is 137 cm³/mol. The molecule has 178 valence electrons. The number of rotatable bonds is 6. The molecule has 0 saturated carbocycles. The Balaban J connectivity index is 1.76. The number of ether oxygens (including phenoxy) is 1. The van der Waals surface area contributed by atoms with Crippen LogP contribution in [0.3, 0.4) is 0 Å². The highest BCUT2D eigenvalue weighted by Gasteiger charge is 2.42. The molecule has 0 bridgehead atoms. The molecule has 0 spiro atoms. The van der Waals surface area contributed by atoms with Gasteiger partial charge in [0.2, 0.25) is 6.10 Å². The van der Waals surface area contributed by atoms with Crippen molar-refractivity contribution < 1.29 is 14.5 Å². The summed E-state index contributed by atoms with van der Waals surface area (Å²) >= 11 is 19.1. The lowest BCUT2D eigenvalue weighted by atomic mass is 10.2. The topological polar surface area (TPSA) is 109 Å². The number of nitrogens with one attached hydrogen (secondary N) is 1. The van der Waals surface area contributed by atoms with Gasteiger partial charge in [-0.05, 0) is 55.6 Å². The normalized spacial score (nSPS) is 16.3. The Morgan fingerprint density at radius 3 is 2.29 bits per heavy atom. The number of amidine groups is 1. The molecular formula is C23H16Cl3N5O4. The van der Waals surface area contributed by atoms with E-state index in [0.717, 1.165) is 10.6 Å². The minimum atomic E-state index is -1.25. The van der Waals surface area contributed by atoms with E-state index in [1.165, 1.54) is 36.4 Å². The van der Waals surface area contributed by atoms with Crippen molar-refractivity contribution in [3.63, 3.8) is 0 Å². The fourth-order valence-electron chi connectivity index (χ4n) is 3.29. The second kappa shape index (κ2) is 9.91. The zero-order chi connectivity index (χ0) is 25.3. The summed E-state index contributed by atoms with van der Waals surface area (Å²) in [6.45, 7) is 5.33. The molecule has 4 rings (SSSR count). The van der Waals surface area contributed by atoms with Crippen molar-refractivity contribution in [3.05, 3.63) is 85.3 Å². The number of benzene rings is 3. The molecule has 1 N–H and O–H groups in total. The molecule has 1 saturated heterocycles. The molecule has 1 aliphatic rings. The highest BCUT2D eigenvalue weighted by Crippen LogP contribution is 2.39. The largest absolute Gasteiger partial charge is 0.472 e. The minimum Gasteiger partial charge on any atom is -0.472 e. The van der Waals surface area contributed by atoms with Crippen LogP contribution in [0.1, 0.15) is 5.56 Å². The molecule has 3 aromatic carbocycles. The SMILES string of the molecule is C=Nc1cc(Cl)c(N2NC(=Nc3ccc(C)cc3Cl)C(Oc3ccc([N+](=O)[O-])cc3)C2=O)c(Cl)c1. The Kier molecular flexibility index (Phi) is 6.93. The number of nitrogens with zero attached hydrogens (tertiary/aromatic N) is 4. The van der Waals surface area contributed by atoms with Crippen LogP contribution in [0.2, 0.25) is 15.1 Å². The minimum absolute atomic E-state index is 0.108. The smallest absolute Gasteiger partial charge is 0.294 e. The van der Waals surface area contributed by atoms with Gasteiger partial charge in [0.25, 0.3) is 11.6 Å². The van der Waals surface area contributed by atoms with Crippen molar-refractivity contribution >= 4 is 76.0 Å². The van der Waals surface area contributed by atoms with Crippen LogP contribution >= 0.6 is 34.8 Å². The Morgan fingerprint density at radius 1 is 1.06 bits per heavy atom. The number of hydrogen-bond acceptors (Lipinski definition) is 6. The van der Waals surface area contributed by atoms with Crippen LogP contribution in [0, 0.1) is 17.0 Å². The Morgan fingerprint density at radius 2 is 1.71 bits per heavy atom. The maximum absolute atomic E-state index is 13.4. The summed E-state index contributed by atoms with van der Waals surface area (Å²) in [6.07, 6.45) is -1.25. The number of amides is 1. The van der Waals surface area contributed by atoms with Gasteiger partial charge < -0.3 is 4.74 Å². The highest BCUT2D eigenvalue weighted by molar-refractivity contribution is 6.41. The number of carbonyl (C=O) groups excluding carboxylic acids is 1. The molecule has 1 fully saturated rings. The maximum atomic E-state index is 13.4. The number of carbonyl (C=O) groups is 1. The van der Waals surface area contributed by atoms with Gasteiger partial charge in [0, 0.05) is 12.1 Å². The molecule has 1 atom stereocenters. The zero-order valence-corrected chi connectivity index (χ0v) is 20.3. The quantitative estimate of drug-likeness (QED) is 0.230. The van der Waals surface area contributed by atoms with E-state index in [1.54, 1.807) is 12.1 Å². The summed E-state index contributed by atoms with van der Waals surface area (Å²) < 4.78 is 5.88. The molecule has 0 aliphatic carbocycles. The number of non-ortho nitro benzene ring substituents is 1. The number of hydrazine groups is 1. The summed E-state index contributed by atoms with van der Waals surface area (Å²) in [5.74, 6) is -0.255. The van der Waals surface area contributed by atoms with Crippen LogP contribution in [0.5, 0.6) is 5.75 Å². The van der Waals surface area contributed by atoms with Crippen LogP contribution < -0.4 is 15.2 Å². The van der Waals surface area contributed by atoms with Gasteiger partial charge in [-0.1, -0.05) is 40.9 Å². The fraction of sp³-hybridized carbons (Fsp3) is 0.0870. The van der Waals surface area contributed by atoms with Crippen molar-refractivity contribution in [2.45, 2.75) is 13.0 Å². The van der Waals surface area contributed by atoms with E-state index in [4.69, 9.17) is 39.5 Å². The van der Waals surface area contributed by atoms with Crippen LogP contribution in [-0.2, 0) is 4.79 Å². The van der Waals surface area contributed by atoms with Crippen molar-refractivity contribution in [2.24, 2.45) is 9.98 Å². The molecule has 1 unspecified atom stereocenters. The number of anilines is 1. The molecule has 9 nitrogen and oxygen atoms in total. The van der Waals surface area contributed by atoms with Gasteiger partial charge in [-0.25, -0.2) is 10.0 Å². The number of hydrogen-bond donors (Lipinski definition) is 1. The van der Waals surface area contributed by atoms with E-state index in [0.29, 0.717) is 16.4 Å². The van der Waals surface area contributed by atoms with E-state index < -0.39 is 16.9 Å². The third-order valence-corrected chi connectivity index (χ3v) is 5.85. The van der Waals surface area contributed by atoms with Gasteiger partial charge in [0.15, 0.2) is 5.84 Å². The first kappa shape index (κ1) is 24.5. The van der Waals surface area contributed by atoms with E-state index in [1.807, 2.05) is 13.0 Å². The van der Waals surface area contributed by atoms with Crippen molar-refractivity contribution in [1.29, 1.82) is 0 Å². The molecule has 1 heterocycles. The van der Waals surface area contributed by atoms with Crippen LogP contribution in [0.4, 0.5) is 22.7 Å². The van der Waals surface area contributed by atoms with E-state index >= 15 is 0 Å². The van der Waals surface area contributed by atoms with Gasteiger partial charge >= 0.3 is 0 Å². The van der Waals surface area contributed by atoms with Gasteiger partial charge in [-0.2, -0.15) is 0 Å². The third kappa shape index (κ3) is 5.07. The number of nitro groups is 1. The number of halogens is 3. The Bertz CT molecular complexity index is 1360. The lowest BCUT2D eigenvalue weighted by molar-refractivity contribution is -0.384. The fourth-order valence-corrected chi connectivity index (χ4v) is 4.21. The van der Waals surface area contributed by atoms with Crippen molar-refractivity contribution in [2.75, 3.05) is 5.01 Å². The van der Waals surface area contributed by atoms with E-state index in [9.17, 15) is 14.9 Å². The first-order valence-corrected chi connectivity index (χ1v) is 11.1. The van der Waals surface area contributed by atoms with E-state index in [-0.39, 0.29) is 33.0 Å². The van der Waals surface area contributed by atoms with Gasteiger partial charge in [0.05, 0.1) is 31.4 Å². The second-order valence-electron chi connectivity index (χ2n) is 7.40. The molecule has 0 radical (unpaired) electrons. The van der Waals surface area contributed by atoms with Crippen LogP contribution in [-0.4, -0.2) is 29.5 Å². The van der Waals surface area contributed by atoms with Gasteiger partial charge in [0.1, 0.15) is 11.4 Å². The predicted octanol–water partition coefficient (Wildman–Crippen LogP) is 6.22. The summed E-state index contributed by atoms with van der Waals surface area (Å²) in [5, 5.41) is 12.7. The molecule has 1 aliphatic heterocycles. The monoisotopic (exact) mass is 531 g/mol. The van der Waals surface area contributed by atoms with Crippen LogP contribution in [0.15, 0.2) is 64.6 Å². The van der Waals surface area contributed by atoms with Gasteiger partial charge in [-0.3, -0.25) is 25.3 Å². The molecule has 12 heteroatoms. The maximum Gasteiger partial charge on any atom is 0.294 e. The standard InChI is InChI=1S/C23H16Cl3N5O4/c1-12-3-8-19(16(24)9-12)28-22-21(35-15-6-4-14(5-7-15)31(33)34)23(32)30(29-22)20-17(25)10-13(27-2)11-18(20)26/h3-11,21H,2H2,1H3,(H,28,29). The Labute approximate surface area is 214 Å². The van der Waals surface area contributed by atoms with Crippen molar-refractivity contribution in [3.8, 4) is 5.75 Å². The second-order valence-corrected chi connectivity index (χ2v) is 8.62. The number of aliphatic imine (C=N–C) groups is 2. The van der Waals surface area contributed by atoms with Crippen molar-refractivity contribution in [1.82, 2.24) is 5.43 Å². The van der Waals surface area contributed by atoms with E-state index in [2.05, 4.69) is 22.1 Å². The third-order valence-electron chi connectivity index (χ3n) is 4.97. The number of nitro benzene ring substituents is 1. The average Bonchev–Trinajstić information content (AvgIpc) is 3.10. The van der Waals surface area contributed by atoms with Crippen LogP contribution in [0.25, 0.3) is 0 Å². The molecular weight excluding hydrogens is 517 g/mol. The Hall–Kier alpha value is -3.66. The summed E-state index contributed by atoms with van der Waals surface area (Å²) in [7, 11) is 0.